The average Bonchev–Trinajstić information content (AvgIpc) is 3.50. The first-order valence-electron chi connectivity index (χ1n) is 10.3. The molecule has 2 aromatic rings. The molecule has 0 spiro atoms. The van der Waals surface area contributed by atoms with E-state index in [9.17, 15) is 32.7 Å². The standard InChI is InChI=1S/C22H20F3N3O4/c1-27-16-3-9-2-10(9)4-17(16)28-8-13(19(29)20(30)18(28)22(27)32)21(31)26-7-12-14(24)5-11(23)6-15(12)25/h5-6,8-10,16-17,30H,2-4,7H2,1H3,(H,26,31)/t9-,10+,16-,17+/m1/s1. The number of carbonyl (C=O) groups excluding carboxylic acids is 2. The summed E-state index contributed by atoms with van der Waals surface area (Å²) in [5, 5.41) is 12.7. The highest BCUT2D eigenvalue weighted by molar-refractivity contribution is 5.99. The molecule has 0 radical (unpaired) electrons. The van der Waals surface area contributed by atoms with Gasteiger partial charge in [0.05, 0.1) is 12.1 Å². The van der Waals surface area contributed by atoms with E-state index in [0.29, 0.717) is 24.0 Å². The Morgan fingerprint density at radius 2 is 1.72 bits per heavy atom. The van der Waals surface area contributed by atoms with Crippen LogP contribution in [0.1, 0.15) is 51.7 Å². The van der Waals surface area contributed by atoms with E-state index < -0.39 is 58.1 Å². The molecule has 2 fully saturated rings. The van der Waals surface area contributed by atoms with Gasteiger partial charge in [-0.05, 0) is 31.1 Å². The number of fused-ring (bicyclic) bond motifs is 4. The number of hydrogen-bond donors (Lipinski definition) is 2. The Hall–Kier alpha value is -3.30. The second kappa shape index (κ2) is 7.11. The first-order valence-corrected chi connectivity index (χ1v) is 10.3. The molecule has 32 heavy (non-hydrogen) atoms. The maximum atomic E-state index is 13.9. The van der Waals surface area contributed by atoms with E-state index in [-0.39, 0.29) is 17.8 Å². The second-order valence-electron chi connectivity index (χ2n) is 8.79. The third kappa shape index (κ3) is 3.08. The van der Waals surface area contributed by atoms with Gasteiger partial charge in [-0.2, -0.15) is 0 Å². The van der Waals surface area contributed by atoms with Gasteiger partial charge in [-0.3, -0.25) is 14.4 Å². The van der Waals surface area contributed by atoms with Gasteiger partial charge >= 0.3 is 0 Å². The van der Waals surface area contributed by atoms with Crippen molar-refractivity contribution < 1.29 is 27.9 Å². The first-order chi connectivity index (χ1) is 15.2. The highest BCUT2D eigenvalue weighted by atomic mass is 19.1. The zero-order valence-electron chi connectivity index (χ0n) is 17.1. The molecule has 0 unspecified atom stereocenters. The fourth-order valence-electron chi connectivity index (χ4n) is 5.11. The zero-order valence-corrected chi connectivity index (χ0v) is 17.1. The quantitative estimate of drug-likeness (QED) is 0.756. The fourth-order valence-corrected chi connectivity index (χ4v) is 5.11. The van der Waals surface area contributed by atoms with Crippen LogP contribution in [-0.4, -0.2) is 39.5 Å². The number of aromatic nitrogens is 1. The molecule has 10 heteroatoms. The fraction of sp³-hybridized carbons (Fsp3) is 0.409. The van der Waals surface area contributed by atoms with Gasteiger partial charge in [0, 0.05) is 37.5 Å². The van der Waals surface area contributed by atoms with E-state index in [1.807, 2.05) is 0 Å². The lowest BCUT2D eigenvalue weighted by atomic mass is 9.86. The molecular weight excluding hydrogens is 427 g/mol. The van der Waals surface area contributed by atoms with Gasteiger partial charge in [-0.25, -0.2) is 13.2 Å². The summed E-state index contributed by atoms with van der Waals surface area (Å²) in [6.07, 6.45) is 3.89. The molecule has 5 rings (SSSR count). The molecule has 7 nitrogen and oxygen atoms in total. The predicted molar refractivity (Wildman–Crippen MR) is 106 cm³/mol. The van der Waals surface area contributed by atoms with Crippen LogP contribution in [0.15, 0.2) is 23.1 Å². The number of benzene rings is 1. The number of likely N-dealkylation sites (N-methyl/N-ethyl adjacent to an activating group) is 1. The molecule has 1 aliphatic heterocycles. The number of halogens is 3. The minimum Gasteiger partial charge on any atom is -0.503 e. The summed E-state index contributed by atoms with van der Waals surface area (Å²) >= 11 is 0. The molecule has 0 saturated heterocycles. The van der Waals surface area contributed by atoms with Crippen molar-refractivity contribution in [2.45, 2.75) is 37.9 Å². The van der Waals surface area contributed by atoms with Crippen molar-refractivity contribution in [3.05, 3.63) is 62.8 Å². The maximum Gasteiger partial charge on any atom is 0.274 e. The molecule has 168 valence electrons. The van der Waals surface area contributed by atoms with Gasteiger partial charge in [0.1, 0.15) is 23.0 Å². The largest absolute Gasteiger partial charge is 0.503 e. The highest BCUT2D eigenvalue weighted by Gasteiger charge is 2.52. The van der Waals surface area contributed by atoms with Crippen LogP contribution in [0, 0.1) is 29.3 Å². The molecule has 2 saturated carbocycles. The van der Waals surface area contributed by atoms with Gasteiger partial charge < -0.3 is 19.9 Å². The number of nitrogens with one attached hydrogen (secondary N) is 1. The van der Waals surface area contributed by atoms with Gasteiger partial charge in [-0.15, -0.1) is 0 Å². The van der Waals surface area contributed by atoms with Crippen LogP contribution in [0.3, 0.4) is 0 Å². The number of hydrogen-bond acceptors (Lipinski definition) is 4. The van der Waals surface area contributed by atoms with Crippen LogP contribution in [0.5, 0.6) is 5.75 Å². The number of rotatable bonds is 3. The minimum absolute atomic E-state index is 0.112. The van der Waals surface area contributed by atoms with Crippen LogP contribution in [0.4, 0.5) is 13.2 Å². The van der Waals surface area contributed by atoms with Crippen molar-refractivity contribution >= 4 is 11.8 Å². The zero-order chi connectivity index (χ0) is 22.9. The van der Waals surface area contributed by atoms with E-state index in [0.717, 1.165) is 19.3 Å². The van der Waals surface area contributed by atoms with Crippen molar-refractivity contribution in [2.24, 2.45) is 11.8 Å². The lowest BCUT2D eigenvalue weighted by molar-refractivity contribution is 0.0496. The summed E-state index contributed by atoms with van der Waals surface area (Å²) in [5.41, 5.74) is -2.21. The highest BCUT2D eigenvalue weighted by Crippen LogP contribution is 2.55. The molecule has 2 amide bonds. The van der Waals surface area contributed by atoms with Crippen molar-refractivity contribution in [1.29, 1.82) is 0 Å². The Balaban J connectivity index is 1.49. The normalized spacial score (nSPS) is 25.6. The predicted octanol–water partition coefficient (Wildman–Crippen LogP) is 2.33. The summed E-state index contributed by atoms with van der Waals surface area (Å²) in [7, 11) is 1.64. The van der Waals surface area contributed by atoms with Gasteiger partial charge in [0.15, 0.2) is 11.4 Å². The van der Waals surface area contributed by atoms with E-state index in [1.54, 1.807) is 11.9 Å². The topological polar surface area (TPSA) is 91.6 Å². The van der Waals surface area contributed by atoms with Crippen LogP contribution >= 0.6 is 0 Å². The van der Waals surface area contributed by atoms with E-state index in [2.05, 4.69) is 5.32 Å². The molecule has 3 aliphatic rings. The Bertz CT molecular complexity index is 1200. The molecule has 0 bridgehead atoms. The van der Waals surface area contributed by atoms with Crippen molar-refractivity contribution in [1.82, 2.24) is 14.8 Å². The Morgan fingerprint density at radius 3 is 2.38 bits per heavy atom. The molecule has 2 aliphatic carbocycles. The number of aromatic hydroxyl groups is 1. The summed E-state index contributed by atoms with van der Waals surface area (Å²) in [4.78, 5) is 39.8. The van der Waals surface area contributed by atoms with Crippen LogP contribution in [-0.2, 0) is 6.54 Å². The SMILES string of the molecule is CN1C(=O)c2c(O)c(=O)c(C(=O)NCc3c(F)cc(F)cc3F)cn2[C@H]2C[C@@H]3C[C@@H]3C[C@H]21. The maximum absolute atomic E-state index is 13.9. The second-order valence-corrected chi connectivity index (χ2v) is 8.79. The third-order valence-corrected chi connectivity index (χ3v) is 6.97. The van der Waals surface area contributed by atoms with Crippen molar-refractivity contribution in [3.63, 3.8) is 0 Å². The monoisotopic (exact) mass is 447 g/mol. The van der Waals surface area contributed by atoms with Gasteiger partial charge in [-0.1, -0.05) is 0 Å². The minimum atomic E-state index is -1.18. The number of carbonyl (C=O) groups is 2. The number of nitrogens with zero attached hydrogens (tertiary/aromatic N) is 2. The summed E-state index contributed by atoms with van der Waals surface area (Å²) in [5.74, 6) is -4.67. The van der Waals surface area contributed by atoms with Crippen LogP contribution < -0.4 is 10.7 Å². The van der Waals surface area contributed by atoms with Gasteiger partial charge in [0.2, 0.25) is 5.43 Å². The van der Waals surface area contributed by atoms with Crippen LogP contribution in [0.2, 0.25) is 0 Å². The summed E-state index contributed by atoms with van der Waals surface area (Å²) in [6.45, 7) is -0.629. The summed E-state index contributed by atoms with van der Waals surface area (Å²) < 4.78 is 42.3. The first kappa shape index (κ1) is 20.6. The van der Waals surface area contributed by atoms with Crippen molar-refractivity contribution in [3.8, 4) is 5.75 Å². The number of amides is 2. The van der Waals surface area contributed by atoms with Crippen molar-refractivity contribution in [2.75, 3.05) is 7.05 Å². The molecule has 2 N–H and O–H groups in total. The Labute approximate surface area is 180 Å². The van der Waals surface area contributed by atoms with E-state index in [1.165, 1.54) is 10.8 Å². The lowest BCUT2D eigenvalue weighted by Crippen LogP contribution is -2.51. The van der Waals surface area contributed by atoms with E-state index >= 15 is 0 Å². The number of pyridine rings is 1. The molecular formula is C22H20F3N3O4. The molecule has 4 atom stereocenters. The smallest absolute Gasteiger partial charge is 0.274 e. The molecule has 1 aromatic carbocycles. The van der Waals surface area contributed by atoms with Crippen LogP contribution in [0.25, 0.3) is 0 Å². The summed E-state index contributed by atoms with van der Waals surface area (Å²) in [6, 6.07) is 0.668. The Morgan fingerprint density at radius 1 is 1.09 bits per heavy atom. The molecule has 1 aromatic heterocycles. The third-order valence-electron chi connectivity index (χ3n) is 6.97. The van der Waals surface area contributed by atoms with E-state index in [4.69, 9.17) is 0 Å². The van der Waals surface area contributed by atoms with Gasteiger partial charge in [0.25, 0.3) is 11.8 Å². The Kier molecular flexibility index (Phi) is 4.58. The average molecular weight is 447 g/mol. The molecule has 2 heterocycles. The lowest BCUT2D eigenvalue weighted by Gasteiger charge is -2.44.